The van der Waals surface area contributed by atoms with Crippen LogP contribution in [0.1, 0.15) is 18.4 Å². The molecule has 0 unspecified atom stereocenters. The lowest BCUT2D eigenvalue weighted by atomic mass is 9.89. The molecule has 1 aromatic heterocycles. The number of nitrogens with one attached hydrogen (secondary N) is 1. The lowest BCUT2D eigenvalue weighted by Gasteiger charge is -2.36. The molecule has 0 spiro atoms. The third-order valence-corrected chi connectivity index (χ3v) is 5.74. The van der Waals surface area contributed by atoms with Crippen molar-refractivity contribution in [1.82, 2.24) is 10.3 Å². The highest BCUT2D eigenvalue weighted by Gasteiger charge is 2.31. The Hall–Kier alpha value is -2.32. The van der Waals surface area contributed by atoms with Gasteiger partial charge < -0.3 is 10.1 Å². The zero-order chi connectivity index (χ0) is 19.7. The van der Waals surface area contributed by atoms with Crippen LogP contribution >= 0.6 is 11.2 Å². The summed E-state index contributed by atoms with van der Waals surface area (Å²) in [6.45, 7) is 0.396. The van der Waals surface area contributed by atoms with Crippen molar-refractivity contribution < 1.29 is 20.8 Å². The molecule has 0 radical (unpaired) electrons. The van der Waals surface area contributed by atoms with Gasteiger partial charge in [0.2, 0.25) is 11.2 Å². The first-order chi connectivity index (χ1) is 13.4. The van der Waals surface area contributed by atoms with Gasteiger partial charge in [-0.15, -0.1) is 11.7 Å². The van der Waals surface area contributed by atoms with E-state index >= 15 is 0 Å². The SMILES string of the molecule is Fc1ccc2cnccc2c1CNC1CC(Oc2ccc(S(F)(F)F)cc2)C1. The number of hydrogen-bond acceptors (Lipinski definition) is 3. The van der Waals surface area contributed by atoms with E-state index in [2.05, 4.69) is 10.3 Å². The monoisotopic (exact) mass is 410 g/mol. The van der Waals surface area contributed by atoms with Crippen molar-refractivity contribution >= 4 is 22.0 Å². The van der Waals surface area contributed by atoms with E-state index in [1.165, 1.54) is 18.2 Å². The number of aromatic nitrogens is 1. The number of benzene rings is 2. The molecule has 0 saturated heterocycles. The maximum absolute atomic E-state index is 14.2. The molecule has 0 atom stereocenters. The second-order valence-electron chi connectivity index (χ2n) is 6.79. The molecule has 0 bridgehead atoms. The number of halogens is 4. The molecular formula is C20H18F4N2OS. The summed E-state index contributed by atoms with van der Waals surface area (Å²) in [6.07, 6.45) is 4.74. The van der Waals surface area contributed by atoms with Crippen LogP contribution in [0.15, 0.2) is 59.8 Å². The van der Waals surface area contributed by atoms with E-state index in [1.54, 1.807) is 24.5 Å². The lowest BCUT2D eigenvalue weighted by molar-refractivity contribution is 0.0842. The van der Waals surface area contributed by atoms with Crippen LogP contribution in [-0.2, 0) is 6.54 Å². The van der Waals surface area contributed by atoms with E-state index in [0.717, 1.165) is 35.7 Å². The summed E-state index contributed by atoms with van der Waals surface area (Å²) >= 11 is -5.20. The summed E-state index contributed by atoms with van der Waals surface area (Å²) < 4.78 is 57.9. The van der Waals surface area contributed by atoms with Gasteiger partial charge in [-0.1, -0.05) is 0 Å². The van der Waals surface area contributed by atoms with Crippen LogP contribution in [0.2, 0.25) is 0 Å². The molecule has 148 valence electrons. The number of fused-ring (bicyclic) bond motifs is 1. The average Bonchev–Trinajstić information content (AvgIpc) is 2.64. The summed E-state index contributed by atoms with van der Waals surface area (Å²) in [5, 5.41) is 5.05. The van der Waals surface area contributed by atoms with Gasteiger partial charge in [0.25, 0.3) is 0 Å². The topological polar surface area (TPSA) is 34.2 Å². The van der Waals surface area contributed by atoms with E-state index in [1.807, 2.05) is 0 Å². The zero-order valence-corrected chi connectivity index (χ0v) is 15.6. The van der Waals surface area contributed by atoms with Gasteiger partial charge in [-0.2, -0.15) is 0 Å². The van der Waals surface area contributed by atoms with Gasteiger partial charge in [0.05, 0.1) is 4.90 Å². The minimum atomic E-state index is -5.20. The average molecular weight is 410 g/mol. The van der Waals surface area contributed by atoms with Gasteiger partial charge in [-0.25, -0.2) is 4.39 Å². The molecule has 28 heavy (non-hydrogen) atoms. The largest absolute Gasteiger partial charge is 0.490 e. The van der Waals surface area contributed by atoms with Crippen LogP contribution in [-0.4, -0.2) is 17.1 Å². The molecule has 3 nitrogen and oxygen atoms in total. The molecule has 2 aromatic carbocycles. The van der Waals surface area contributed by atoms with Crippen molar-refractivity contribution in [2.45, 2.75) is 36.4 Å². The normalized spacial score (nSPS) is 20.0. The molecule has 1 heterocycles. The number of ether oxygens (including phenoxy) is 1. The summed E-state index contributed by atoms with van der Waals surface area (Å²) in [6, 6.07) is 9.95. The molecule has 1 aliphatic carbocycles. The number of pyridine rings is 1. The molecule has 1 N–H and O–H groups in total. The van der Waals surface area contributed by atoms with Crippen molar-refractivity contribution in [3.8, 4) is 5.75 Å². The van der Waals surface area contributed by atoms with Crippen LogP contribution in [0.4, 0.5) is 16.0 Å². The Kier molecular flexibility index (Phi) is 5.16. The summed E-state index contributed by atoms with van der Waals surface area (Å²) in [7, 11) is 0. The molecule has 3 aromatic rings. The van der Waals surface area contributed by atoms with Crippen LogP contribution in [0.25, 0.3) is 10.8 Å². The Morgan fingerprint density at radius 3 is 2.50 bits per heavy atom. The lowest BCUT2D eigenvalue weighted by Crippen LogP contribution is -2.46. The standard InChI is InChI=1S/C20H18F4N2OS/c21-20-6-1-13-11-25-8-7-18(13)19(20)12-26-14-9-16(10-14)27-15-2-4-17(5-3-15)28(22,23)24/h1-8,11,14,16,26H,9-10,12H2. The number of rotatable bonds is 6. The van der Waals surface area contributed by atoms with Gasteiger partial charge in [0, 0.05) is 35.9 Å². The fourth-order valence-corrected chi connectivity index (χ4v) is 3.77. The Bertz CT molecular complexity index is 972. The highest BCUT2D eigenvalue weighted by Crippen LogP contribution is 2.60. The van der Waals surface area contributed by atoms with E-state index in [4.69, 9.17) is 4.74 Å². The second-order valence-corrected chi connectivity index (χ2v) is 8.07. The molecule has 0 aliphatic heterocycles. The minimum Gasteiger partial charge on any atom is -0.490 e. The molecule has 1 saturated carbocycles. The third-order valence-electron chi connectivity index (χ3n) is 4.93. The van der Waals surface area contributed by atoms with Gasteiger partial charge in [0.15, 0.2) is 0 Å². The quantitative estimate of drug-likeness (QED) is 0.515. The summed E-state index contributed by atoms with van der Waals surface area (Å²) in [5.41, 5.74) is 0.606. The first kappa shape index (κ1) is 19.0. The van der Waals surface area contributed by atoms with Crippen molar-refractivity contribution in [3.05, 3.63) is 66.2 Å². The van der Waals surface area contributed by atoms with E-state index < -0.39 is 16.1 Å². The predicted molar refractivity (Wildman–Crippen MR) is 102 cm³/mol. The van der Waals surface area contributed by atoms with E-state index in [-0.39, 0.29) is 18.0 Å². The van der Waals surface area contributed by atoms with Crippen LogP contribution in [0.3, 0.4) is 0 Å². The van der Waals surface area contributed by atoms with Crippen molar-refractivity contribution in [2.75, 3.05) is 0 Å². The van der Waals surface area contributed by atoms with Crippen molar-refractivity contribution in [2.24, 2.45) is 0 Å². The summed E-state index contributed by atoms with van der Waals surface area (Å²) in [5.74, 6) is 0.175. The van der Waals surface area contributed by atoms with Crippen molar-refractivity contribution in [1.29, 1.82) is 0 Å². The minimum absolute atomic E-state index is 0.0526. The number of hydrogen-bond donors (Lipinski definition) is 1. The maximum Gasteiger partial charge on any atom is 0.237 e. The first-order valence-electron chi connectivity index (χ1n) is 8.83. The van der Waals surface area contributed by atoms with E-state index in [9.17, 15) is 16.0 Å². The van der Waals surface area contributed by atoms with Crippen molar-refractivity contribution in [3.63, 3.8) is 0 Å². The van der Waals surface area contributed by atoms with Gasteiger partial charge >= 0.3 is 0 Å². The first-order valence-corrected chi connectivity index (χ1v) is 10.2. The molecule has 4 rings (SSSR count). The third kappa shape index (κ3) is 4.07. The van der Waals surface area contributed by atoms with Crippen LogP contribution in [0.5, 0.6) is 5.75 Å². The highest BCUT2D eigenvalue weighted by atomic mass is 32.3. The fraction of sp³-hybridized carbons (Fsp3) is 0.250. The molecule has 0 amide bonds. The van der Waals surface area contributed by atoms with Gasteiger partial charge in [0.1, 0.15) is 17.7 Å². The smallest absolute Gasteiger partial charge is 0.237 e. The maximum atomic E-state index is 14.2. The molecule has 8 heteroatoms. The second kappa shape index (κ2) is 7.60. The Morgan fingerprint density at radius 1 is 1.04 bits per heavy atom. The molecular weight excluding hydrogens is 392 g/mol. The Labute approximate surface area is 161 Å². The summed E-state index contributed by atoms with van der Waals surface area (Å²) in [4.78, 5) is 3.44. The van der Waals surface area contributed by atoms with Crippen LogP contribution in [0, 0.1) is 5.82 Å². The zero-order valence-electron chi connectivity index (χ0n) is 14.7. The van der Waals surface area contributed by atoms with Crippen LogP contribution < -0.4 is 10.1 Å². The predicted octanol–water partition coefficient (Wildman–Crippen LogP) is 5.89. The highest BCUT2D eigenvalue weighted by molar-refractivity contribution is 8.20. The number of nitrogens with zero attached hydrogens (tertiary/aromatic N) is 1. The fourth-order valence-electron chi connectivity index (χ4n) is 3.33. The Morgan fingerprint density at radius 2 is 1.79 bits per heavy atom. The van der Waals surface area contributed by atoms with E-state index in [0.29, 0.717) is 17.9 Å². The van der Waals surface area contributed by atoms with Gasteiger partial charge in [-0.3, -0.25) is 4.98 Å². The Balaban J connectivity index is 1.30. The molecule has 1 fully saturated rings. The molecule has 1 aliphatic rings. The van der Waals surface area contributed by atoms with Gasteiger partial charge in [-0.05, 0) is 60.7 Å².